The Hall–Kier alpha value is -0.160. The number of rotatable bonds is 1. The SMILES string of the molecule is [NH3+]C([NH3+])C([NH3+])[NH3+]. The summed E-state index contributed by atoms with van der Waals surface area (Å²) < 4.78 is 0. The summed E-state index contributed by atoms with van der Waals surface area (Å²) in [5.41, 5.74) is 14.4. The lowest BCUT2D eigenvalue weighted by Crippen LogP contribution is -3.04. The molecular weight excluding hydrogens is 80.1 g/mol. The van der Waals surface area contributed by atoms with Crippen molar-refractivity contribution in [3.05, 3.63) is 0 Å². The van der Waals surface area contributed by atoms with Crippen LogP contribution >= 0.6 is 0 Å². The first-order chi connectivity index (χ1) is 2.64. The van der Waals surface area contributed by atoms with Crippen molar-refractivity contribution < 1.29 is 22.9 Å². The van der Waals surface area contributed by atoms with E-state index in [1.165, 1.54) is 0 Å². The lowest BCUT2D eigenvalue weighted by Gasteiger charge is -1.92. The van der Waals surface area contributed by atoms with Gasteiger partial charge in [0.05, 0.1) is 0 Å². The molecular formula is C2H14N4+4. The topological polar surface area (TPSA) is 111 Å². The Balaban J connectivity index is 2.99. The summed E-state index contributed by atoms with van der Waals surface area (Å²) >= 11 is 0. The molecule has 6 heavy (non-hydrogen) atoms. The van der Waals surface area contributed by atoms with Crippen molar-refractivity contribution in [3.8, 4) is 0 Å². The second-order valence-electron chi connectivity index (χ2n) is 1.52. The van der Waals surface area contributed by atoms with Crippen molar-refractivity contribution >= 4 is 0 Å². The summed E-state index contributed by atoms with van der Waals surface area (Å²) in [5, 5.41) is 0. The minimum Gasteiger partial charge on any atom is -0.298 e. The van der Waals surface area contributed by atoms with Crippen LogP contribution in [0.15, 0.2) is 0 Å². The molecule has 0 atom stereocenters. The molecule has 0 aromatic heterocycles. The molecule has 0 fully saturated rings. The van der Waals surface area contributed by atoms with Gasteiger partial charge in [-0.25, -0.2) is 0 Å². The zero-order valence-electron chi connectivity index (χ0n) is 3.98. The zero-order valence-corrected chi connectivity index (χ0v) is 3.98. The number of hydrogen-bond acceptors (Lipinski definition) is 0. The van der Waals surface area contributed by atoms with E-state index in [1.807, 2.05) is 0 Å². The second-order valence-corrected chi connectivity index (χ2v) is 1.52. The van der Waals surface area contributed by atoms with Crippen LogP contribution in [0.3, 0.4) is 0 Å². The maximum Gasteiger partial charge on any atom is 0.314 e. The normalized spacial score (nSPS) is 11.0. The third-order valence-corrected chi connectivity index (χ3v) is 0.667. The van der Waals surface area contributed by atoms with Gasteiger partial charge >= 0.3 is 12.3 Å². The molecule has 0 unspecified atom stereocenters. The molecule has 0 amide bonds. The van der Waals surface area contributed by atoms with E-state index in [1.54, 1.807) is 0 Å². The molecule has 0 saturated heterocycles. The first-order valence-electron chi connectivity index (χ1n) is 1.97. The predicted octanol–water partition coefficient (Wildman–Crippen LogP) is -5.39. The lowest BCUT2D eigenvalue weighted by molar-refractivity contribution is -0.792. The number of hydrogen-bond donors (Lipinski definition) is 4. The van der Waals surface area contributed by atoms with Gasteiger partial charge in [-0.05, 0) is 0 Å². The van der Waals surface area contributed by atoms with Crippen LogP contribution in [-0.2, 0) is 0 Å². The van der Waals surface area contributed by atoms with Crippen molar-refractivity contribution in [2.45, 2.75) is 12.3 Å². The molecule has 0 aliphatic carbocycles. The average Bonchev–Trinajstić information content (AvgIpc) is 1.36. The van der Waals surface area contributed by atoms with Crippen molar-refractivity contribution in [2.75, 3.05) is 0 Å². The fourth-order valence-corrected chi connectivity index (χ4v) is 0. The van der Waals surface area contributed by atoms with Gasteiger partial charge in [0.15, 0.2) is 0 Å². The molecule has 4 heteroatoms. The molecule has 0 aromatic carbocycles. The molecule has 0 bridgehead atoms. The van der Waals surface area contributed by atoms with Crippen LogP contribution in [0.25, 0.3) is 0 Å². The monoisotopic (exact) mass is 94.1 g/mol. The quantitative estimate of drug-likeness (QED) is 0.233. The zero-order chi connectivity index (χ0) is 5.15. The molecule has 0 spiro atoms. The van der Waals surface area contributed by atoms with Crippen LogP contribution in [0.2, 0.25) is 0 Å². The smallest absolute Gasteiger partial charge is 0.298 e. The highest BCUT2D eigenvalue weighted by molar-refractivity contribution is 4.21. The van der Waals surface area contributed by atoms with Gasteiger partial charge in [0.1, 0.15) is 0 Å². The summed E-state index contributed by atoms with van der Waals surface area (Å²) in [6, 6.07) is 0. The van der Waals surface area contributed by atoms with E-state index in [4.69, 9.17) is 0 Å². The molecule has 0 rings (SSSR count). The van der Waals surface area contributed by atoms with E-state index >= 15 is 0 Å². The van der Waals surface area contributed by atoms with Gasteiger partial charge in [0.25, 0.3) is 0 Å². The fourth-order valence-electron chi connectivity index (χ4n) is 0. The molecule has 0 aromatic rings. The first kappa shape index (κ1) is 5.84. The third kappa shape index (κ3) is 2.10. The fraction of sp³-hybridized carbons (Fsp3) is 1.00. The van der Waals surface area contributed by atoms with Gasteiger partial charge in [-0.15, -0.1) is 0 Å². The summed E-state index contributed by atoms with van der Waals surface area (Å²) in [6.07, 6.45) is 0.259. The highest BCUT2D eigenvalue weighted by atomic mass is 15.0. The van der Waals surface area contributed by atoms with Crippen molar-refractivity contribution in [3.63, 3.8) is 0 Å². The molecule has 0 aliphatic rings. The van der Waals surface area contributed by atoms with Crippen molar-refractivity contribution in [1.82, 2.24) is 0 Å². The van der Waals surface area contributed by atoms with Crippen molar-refractivity contribution in [2.24, 2.45) is 0 Å². The molecule has 0 heterocycles. The molecule has 0 aliphatic heterocycles. The Morgan fingerprint density at radius 2 is 0.833 bits per heavy atom. The van der Waals surface area contributed by atoms with Crippen LogP contribution < -0.4 is 22.9 Å². The first-order valence-corrected chi connectivity index (χ1v) is 1.97. The van der Waals surface area contributed by atoms with Crippen LogP contribution in [0.4, 0.5) is 0 Å². The largest absolute Gasteiger partial charge is 0.314 e. The molecule has 12 N–H and O–H groups in total. The lowest BCUT2D eigenvalue weighted by atomic mass is 10.4. The van der Waals surface area contributed by atoms with Gasteiger partial charge in [-0.2, -0.15) is 0 Å². The summed E-state index contributed by atoms with van der Waals surface area (Å²) in [4.78, 5) is 0. The molecule has 0 radical (unpaired) electrons. The van der Waals surface area contributed by atoms with Gasteiger partial charge < -0.3 is 0 Å². The van der Waals surface area contributed by atoms with Gasteiger partial charge in [0, 0.05) is 0 Å². The third-order valence-electron chi connectivity index (χ3n) is 0.667. The van der Waals surface area contributed by atoms with E-state index in [9.17, 15) is 0 Å². The second kappa shape index (κ2) is 2.09. The van der Waals surface area contributed by atoms with Crippen LogP contribution in [0.1, 0.15) is 0 Å². The van der Waals surface area contributed by atoms with E-state index in [-0.39, 0.29) is 12.3 Å². The minimum atomic E-state index is 0.130. The number of quaternary nitrogens is 4. The van der Waals surface area contributed by atoms with E-state index in [0.29, 0.717) is 0 Å². The van der Waals surface area contributed by atoms with Crippen LogP contribution in [0, 0.1) is 0 Å². The highest BCUT2D eigenvalue weighted by Gasteiger charge is 2.14. The average molecular weight is 94.2 g/mol. The Bertz CT molecular complexity index is 26.5. The van der Waals surface area contributed by atoms with Crippen molar-refractivity contribution in [1.29, 1.82) is 0 Å². The van der Waals surface area contributed by atoms with Crippen LogP contribution in [-0.4, -0.2) is 12.3 Å². The minimum absolute atomic E-state index is 0.130. The molecule has 38 valence electrons. The Morgan fingerprint density at radius 3 is 0.833 bits per heavy atom. The van der Waals surface area contributed by atoms with E-state index in [2.05, 4.69) is 22.9 Å². The molecule has 0 saturated carbocycles. The highest BCUT2D eigenvalue weighted by Crippen LogP contribution is 1.39. The molecule has 4 nitrogen and oxygen atoms in total. The maximum atomic E-state index is 3.60. The Kier molecular flexibility index (Phi) is 2.04. The standard InChI is InChI=1S/C2H10N4/c3-1(4)2(5)6/h1-2H,3-6H2/p+4. The maximum absolute atomic E-state index is 3.60. The Labute approximate surface area is 36.5 Å². The van der Waals surface area contributed by atoms with E-state index in [0.717, 1.165) is 0 Å². The van der Waals surface area contributed by atoms with Crippen LogP contribution in [0.5, 0.6) is 0 Å². The summed E-state index contributed by atoms with van der Waals surface area (Å²) in [5.74, 6) is 0. The summed E-state index contributed by atoms with van der Waals surface area (Å²) in [6.45, 7) is 0. The summed E-state index contributed by atoms with van der Waals surface area (Å²) in [7, 11) is 0. The van der Waals surface area contributed by atoms with Gasteiger partial charge in [-0.1, -0.05) is 0 Å². The van der Waals surface area contributed by atoms with Gasteiger partial charge in [0.2, 0.25) is 0 Å². The Morgan fingerprint density at radius 1 is 0.667 bits per heavy atom. The van der Waals surface area contributed by atoms with E-state index < -0.39 is 0 Å². The predicted molar refractivity (Wildman–Crippen MR) is 19.1 cm³/mol. The van der Waals surface area contributed by atoms with Gasteiger partial charge in [-0.3, -0.25) is 22.9 Å².